The lowest BCUT2D eigenvalue weighted by atomic mass is 10.2. The highest BCUT2D eigenvalue weighted by Gasteiger charge is 2.15. The fraction of sp³-hybridized carbons (Fsp3) is 0.250. The summed E-state index contributed by atoms with van der Waals surface area (Å²) in [5, 5.41) is 6.31. The van der Waals surface area contributed by atoms with Crippen LogP contribution < -0.4 is 15.4 Å². The van der Waals surface area contributed by atoms with Crippen molar-refractivity contribution in [2.24, 2.45) is 0 Å². The third-order valence-corrected chi connectivity index (χ3v) is 4.24. The molecule has 0 aliphatic carbocycles. The average molecular weight is 401 g/mol. The Morgan fingerprint density at radius 2 is 2.18 bits per heavy atom. The van der Waals surface area contributed by atoms with E-state index in [1.807, 2.05) is 0 Å². The third kappa shape index (κ3) is 5.04. The Morgan fingerprint density at radius 1 is 1.36 bits per heavy atom. The number of alkyl halides is 1. The number of furan rings is 1. The van der Waals surface area contributed by atoms with Crippen molar-refractivity contribution in [1.29, 1.82) is 0 Å². The molecular weight excluding hydrogens is 381 g/mol. The smallest absolute Gasteiger partial charge is 0.293 e. The molecule has 1 amide bonds. The maximum atomic E-state index is 13.4. The summed E-state index contributed by atoms with van der Waals surface area (Å²) < 4.78 is 24.5. The second-order valence-electron chi connectivity index (χ2n) is 6.07. The first-order valence-corrected chi connectivity index (χ1v) is 9.29. The maximum Gasteiger partial charge on any atom is 0.293 e. The van der Waals surface area contributed by atoms with Gasteiger partial charge in [-0.15, -0.1) is 0 Å². The Hall–Kier alpha value is -3.00. The molecule has 6 nitrogen and oxygen atoms in total. The molecule has 1 atom stereocenters. The lowest BCUT2D eigenvalue weighted by Crippen LogP contribution is -2.34. The van der Waals surface area contributed by atoms with Gasteiger partial charge in [-0.2, -0.15) is 0 Å². The topological polar surface area (TPSA) is 76.4 Å². The molecule has 0 saturated carbocycles. The molecule has 0 aliphatic heterocycles. The predicted octanol–water partition coefficient (Wildman–Crippen LogP) is 4.47. The molecule has 0 saturated heterocycles. The highest BCUT2D eigenvalue weighted by atomic mass is 32.1. The number of benzene rings is 1. The number of rotatable bonds is 7. The van der Waals surface area contributed by atoms with Crippen molar-refractivity contribution in [2.75, 3.05) is 11.9 Å². The zero-order chi connectivity index (χ0) is 19.9. The highest BCUT2D eigenvalue weighted by molar-refractivity contribution is 7.80. The monoisotopic (exact) mass is 401 g/mol. The fourth-order valence-corrected chi connectivity index (χ4v) is 2.71. The molecule has 0 aliphatic rings. The number of pyridine rings is 1. The molecule has 0 radical (unpaired) electrons. The van der Waals surface area contributed by atoms with E-state index < -0.39 is 12.1 Å². The number of ether oxygens (including phenoxy) is 1. The van der Waals surface area contributed by atoms with Crippen molar-refractivity contribution in [2.45, 2.75) is 25.9 Å². The summed E-state index contributed by atoms with van der Waals surface area (Å²) in [5.41, 5.74) is 1.14. The van der Waals surface area contributed by atoms with Crippen LogP contribution in [0.1, 0.15) is 30.3 Å². The molecule has 8 heteroatoms. The van der Waals surface area contributed by atoms with Gasteiger partial charge in [0.25, 0.3) is 5.91 Å². The van der Waals surface area contributed by atoms with E-state index in [1.54, 1.807) is 55.7 Å². The minimum atomic E-state index is -0.889. The largest absolute Gasteiger partial charge is 0.491 e. The summed E-state index contributed by atoms with van der Waals surface area (Å²) in [5.74, 6) is 0.178. The van der Waals surface area contributed by atoms with E-state index in [0.717, 1.165) is 5.39 Å². The number of thiocarbonyl (C=S) groups is 1. The van der Waals surface area contributed by atoms with E-state index in [9.17, 15) is 9.18 Å². The summed E-state index contributed by atoms with van der Waals surface area (Å²) in [6.45, 7) is 2.04. The normalized spacial score (nSPS) is 11.8. The molecule has 28 heavy (non-hydrogen) atoms. The first-order valence-electron chi connectivity index (χ1n) is 8.88. The van der Waals surface area contributed by atoms with Crippen molar-refractivity contribution in [3.8, 4) is 5.75 Å². The number of hydrogen-bond acceptors (Lipinski definition) is 5. The zero-order valence-corrected chi connectivity index (χ0v) is 16.1. The Morgan fingerprint density at radius 3 is 2.96 bits per heavy atom. The van der Waals surface area contributed by atoms with E-state index in [-0.39, 0.29) is 17.5 Å². The molecule has 2 aromatic heterocycles. The quantitative estimate of drug-likeness (QED) is 0.569. The summed E-state index contributed by atoms with van der Waals surface area (Å²) in [4.78, 5) is 16.3. The lowest BCUT2D eigenvalue weighted by molar-refractivity contribution is 0.0953. The van der Waals surface area contributed by atoms with Gasteiger partial charge < -0.3 is 14.5 Å². The lowest BCUT2D eigenvalue weighted by Gasteiger charge is -2.14. The predicted molar refractivity (Wildman–Crippen MR) is 109 cm³/mol. The van der Waals surface area contributed by atoms with Crippen molar-refractivity contribution in [1.82, 2.24) is 10.3 Å². The Labute approximate surface area is 167 Å². The summed E-state index contributed by atoms with van der Waals surface area (Å²) in [7, 11) is 0. The summed E-state index contributed by atoms with van der Waals surface area (Å²) >= 11 is 5.21. The van der Waals surface area contributed by atoms with Crippen LogP contribution >= 0.6 is 12.2 Å². The van der Waals surface area contributed by atoms with Gasteiger partial charge in [0.15, 0.2) is 10.9 Å². The second kappa shape index (κ2) is 9.27. The maximum absolute atomic E-state index is 13.4. The van der Waals surface area contributed by atoms with Crippen LogP contribution in [0.3, 0.4) is 0 Å². The van der Waals surface area contributed by atoms with E-state index in [0.29, 0.717) is 29.9 Å². The summed E-state index contributed by atoms with van der Waals surface area (Å²) in [6, 6.07) is 10.4. The van der Waals surface area contributed by atoms with Crippen molar-refractivity contribution >= 4 is 39.9 Å². The van der Waals surface area contributed by atoms with E-state index in [2.05, 4.69) is 15.6 Å². The molecule has 0 fully saturated rings. The molecule has 2 N–H and O–H groups in total. The van der Waals surface area contributed by atoms with Crippen LogP contribution in [0, 0.1) is 0 Å². The molecule has 1 aromatic carbocycles. The van der Waals surface area contributed by atoms with Crippen LogP contribution in [-0.4, -0.2) is 28.8 Å². The Kier molecular flexibility index (Phi) is 6.54. The number of nitrogens with zero attached hydrogens (tertiary/aromatic N) is 1. The number of fused-ring (bicyclic) bond motifs is 1. The number of para-hydroxylation sites is 2. The number of amides is 1. The third-order valence-electron chi connectivity index (χ3n) is 4.03. The molecule has 0 bridgehead atoms. The highest BCUT2D eigenvalue weighted by Crippen LogP contribution is 2.24. The van der Waals surface area contributed by atoms with Crippen LogP contribution in [0.2, 0.25) is 0 Å². The van der Waals surface area contributed by atoms with Gasteiger partial charge in [-0.05, 0) is 42.9 Å². The van der Waals surface area contributed by atoms with Crippen LogP contribution in [0.5, 0.6) is 5.75 Å². The van der Waals surface area contributed by atoms with Crippen LogP contribution in [-0.2, 0) is 0 Å². The van der Waals surface area contributed by atoms with Gasteiger partial charge in [-0.25, -0.2) is 4.39 Å². The number of halogens is 1. The van der Waals surface area contributed by atoms with Gasteiger partial charge in [0, 0.05) is 24.2 Å². The number of hydrogen-bond donors (Lipinski definition) is 2. The second-order valence-corrected chi connectivity index (χ2v) is 6.48. The van der Waals surface area contributed by atoms with Gasteiger partial charge >= 0.3 is 0 Å². The molecule has 3 aromatic rings. The zero-order valence-electron chi connectivity index (χ0n) is 15.3. The molecule has 2 heterocycles. The number of anilines is 1. The molecular formula is C20H20FN3O3S. The minimum Gasteiger partial charge on any atom is -0.491 e. The first kappa shape index (κ1) is 19.8. The number of carbonyl (C=O) groups excluding carboxylic acids is 1. The molecule has 146 valence electrons. The van der Waals surface area contributed by atoms with Crippen LogP contribution in [0.4, 0.5) is 10.1 Å². The standard InChI is InChI=1S/C20H20FN3O3S/c1-2-14(21)8-10-26-17-6-4-3-5-15(17)23-20(28)24-19(25)18-11-13-12-22-9-7-16(13)27-18/h3-7,9,11-12,14H,2,8,10H2,1H3,(H2,23,24,25,28). The van der Waals surface area contributed by atoms with Gasteiger partial charge in [-0.3, -0.25) is 15.1 Å². The van der Waals surface area contributed by atoms with Crippen molar-refractivity contribution in [3.63, 3.8) is 0 Å². The number of carbonyl (C=O) groups is 1. The fourth-order valence-electron chi connectivity index (χ4n) is 2.51. The number of nitrogens with one attached hydrogen (secondary N) is 2. The van der Waals surface area contributed by atoms with Gasteiger partial charge in [0.2, 0.25) is 0 Å². The van der Waals surface area contributed by atoms with E-state index >= 15 is 0 Å². The molecule has 1 unspecified atom stereocenters. The minimum absolute atomic E-state index is 0.0940. The SMILES string of the molecule is CCC(F)CCOc1ccccc1NC(=S)NC(=O)c1cc2cnccc2o1. The first-order chi connectivity index (χ1) is 13.6. The molecule has 3 rings (SSSR count). The average Bonchev–Trinajstić information content (AvgIpc) is 3.13. The van der Waals surface area contributed by atoms with E-state index in [1.165, 1.54) is 0 Å². The van der Waals surface area contributed by atoms with E-state index in [4.69, 9.17) is 21.4 Å². The molecule has 0 spiro atoms. The van der Waals surface area contributed by atoms with Crippen molar-refractivity contribution in [3.05, 3.63) is 54.6 Å². The van der Waals surface area contributed by atoms with Gasteiger partial charge in [-0.1, -0.05) is 19.1 Å². The van der Waals surface area contributed by atoms with Gasteiger partial charge in [0.1, 0.15) is 17.5 Å². The Balaban J connectivity index is 1.60. The van der Waals surface area contributed by atoms with Crippen LogP contribution in [0.25, 0.3) is 11.0 Å². The van der Waals surface area contributed by atoms with Crippen LogP contribution in [0.15, 0.2) is 53.2 Å². The Bertz CT molecular complexity index is 943. The summed E-state index contributed by atoms with van der Waals surface area (Å²) in [6.07, 6.45) is 3.08. The van der Waals surface area contributed by atoms with Gasteiger partial charge in [0.05, 0.1) is 12.3 Å². The number of aromatic nitrogens is 1. The van der Waals surface area contributed by atoms with Crippen molar-refractivity contribution < 1.29 is 18.3 Å².